The Balaban J connectivity index is 2.42. The van der Waals surface area contributed by atoms with Gasteiger partial charge in [0.05, 0.1) is 12.5 Å². The van der Waals surface area contributed by atoms with E-state index in [0.29, 0.717) is 11.0 Å². The number of nitrogens with zero attached hydrogens (tertiary/aromatic N) is 1. The molecule has 0 aromatic heterocycles. The highest BCUT2D eigenvalue weighted by atomic mass is 32.2. The van der Waals surface area contributed by atoms with Crippen LogP contribution >= 0.6 is 24.0 Å². The van der Waals surface area contributed by atoms with E-state index in [1.54, 1.807) is 4.90 Å². The Morgan fingerprint density at radius 2 is 2.64 bits per heavy atom. The maximum absolute atomic E-state index is 10.3. The third-order valence-electron chi connectivity index (χ3n) is 1.18. The van der Waals surface area contributed by atoms with Crippen LogP contribution in [0.25, 0.3) is 0 Å². The minimum Gasteiger partial charge on any atom is -0.480 e. The van der Waals surface area contributed by atoms with Crippen molar-refractivity contribution >= 4 is 34.3 Å². The quantitative estimate of drug-likeness (QED) is 0.596. The lowest BCUT2D eigenvalue weighted by Gasteiger charge is -2.27. The first-order valence-corrected chi connectivity index (χ1v) is 4.44. The van der Waals surface area contributed by atoms with Crippen LogP contribution in [0.5, 0.6) is 0 Å². The average molecular weight is 192 g/mol. The fourth-order valence-electron chi connectivity index (χ4n) is 0.733. The van der Waals surface area contributed by atoms with Crippen LogP contribution in [0.15, 0.2) is 0 Å². The summed E-state index contributed by atoms with van der Waals surface area (Å²) in [6, 6.07) is 0. The van der Waals surface area contributed by atoms with Gasteiger partial charge in [0.25, 0.3) is 0 Å². The van der Waals surface area contributed by atoms with Gasteiger partial charge in [-0.1, -0.05) is 24.0 Å². The number of carbonyl (C=O) groups is 1. The maximum Gasteiger partial charge on any atom is 0.323 e. The summed E-state index contributed by atoms with van der Waals surface area (Å²) in [6.45, 7) is 0.525. The Morgan fingerprint density at radius 3 is 3.18 bits per heavy atom. The molecule has 6 heteroatoms. The van der Waals surface area contributed by atoms with Gasteiger partial charge in [-0.15, -0.1) is 0 Å². The van der Waals surface area contributed by atoms with Gasteiger partial charge in [-0.05, 0) is 0 Å². The van der Waals surface area contributed by atoms with Crippen molar-refractivity contribution in [2.75, 3.05) is 19.1 Å². The summed E-state index contributed by atoms with van der Waals surface area (Å²) in [5, 5.41) is 11.5. The van der Waals surface area contributed by atoms with Crippen LogP contribution in [0, 0.1) is 0 Å². The van der Waals surface area contributed by atoms with Crippen molar-refractivity contribution in [2.45, 2.75) is 0 Å². The molecule has 0 radical (unpaired) electrons. The second-order valence-corrected chi connectivity index (χ2v) is 3.66. The Morgan fingerprint density at radius 1 is 1.91 bits per heavy atom. The van der Waals surface area contributed by atoms with E-state index in [4.69, 9.17) is 17.3 Å². The summed E-state index contributed by atoms with van der Waals surface area (Å²) in [4.78, 5) is 11.9. The largest absolute Gasteiger partial charge is 0.480 e. The Bertz CT molecular complexity index is 185. The second-order valence-electron chi connectivity index (χ2n) is 2.05. The molecule has 0 aromatic carbocycles. The molecule has 4 nitrogen and oxygen atoms in total. The van der Waals surface area contributed by atoms with Crippen molar-refractivity contribution in [2.24, 2.45) is 0 Å². The molecule has 0 aromatic rings. The van der Waals surface area contributed by atoms with Crippen LogP contribution in [0.4, 0.5) is 0 Å². The molecule has 0 spiro atoms. The van der Waals surface area contributed by atoms with Crippen LogP contribution < -0.4 is 5.32 Å². The van der Waals surface area contributed by atoms with Crippen LogP contribution in [0.3, 0.4) is 0 Å². The smallest absolute Gasteiger partial charge is 0.323 e. The Hall–Kier alpha value is -0.330. The third-order valence-corrected chi connectivity index (χ3v) is 2.65. The van der Waals surface area contributed by atoms with Gasteiger partial charge in [0.15, 0.2) is 0 Å². The molecule has 0 atom stereocenters. The van der Waals surface area contributed by atoms with Crippen molar-refractivity contribution in [3.05, 3.63) is 0 Å². The highest BCUT2D eigenvalue weighted by molar-refractivity contribution is 8.22. The predicted octanol–water partition coefficient (Wildman–Crippen LogP) is -0.0907. The zero-order valence-corrected chi connectivity index (χ0v) is 7.37. The molecule has 1 fully saturated rings. The van der Waals surface area contributed by atoms with E-state index in [9.17, 15) is 4.79 Å². The summed E-state index contributed by atoms with van der Waals surface area (Å²) in [5.74, 6) is -0.0776. The number of rotatable bonds is 2. The number of hydrogen-bond acceptors (Lipinski definition) is 4. The van der Waals surface area contributed by atoms with Crippen molar-refractivity contribution in [1.29, 1.82) is 0 Å². The zero-order chi connectivity index (χ0) is 8.27. The molecule has 2 N–H and O–H groups in total. The summed E-state index contributed by atoms with van der Waals surface area (Å²) in [5.41, 5.74) is 0. The van der Waals surface area contributed by atoms with Gasteiger partial charge in [0.1, 0.15) is 10.9 Å². The predicted molar refractivity (Wildman–Crippen MR) is 47.4 cm³/mol. The molecule has 1 heterocycles. The van der Waals surface area contributed by atoms with Crippen LogP contribution in [-0.2, 0) is 4.79 Å². The number of carboxylic acids is 1. The van der Waals surface area contributed by atoms with E-state index in [2.05, 4.69) is 5.32 Å². The molecule has 11 heavy (non-hydrogen) atoms. The van der Waals surface area contributed by atoms with Crippen molar-refractivity contribution in [3.63, 3.8) is 0 Å². The SMILES string of the molecule is O=C(O)CN1CNCSC1=S. The van der Waals surface area contributed by atoms with E-state index in [0.717, 1.165) is 5.88 Å². The number of nitrogens with one attached hydrogen (secondary N) is 1. The molecule has 0 saturated carbocycles. The van der Waals surface area contributed by atoms with Gasteiger partial charge < -0.3 is 10.0 Å². The Kier molecular flexibility index (Phi) is 3.10. The van der Waals surface area contributed by atoms with Gasteiger partial charge in [-0.25, -0.2) is 0 Å². The standard InChI is InChI=1S/C5H8N2O2S2/c8-4(9)1-7-2-6-3-11-5(7)10/h6H,1-3H2,(H,8,9). The lowest BCUT2D eigenvalue weighted by atomic mass is 10.6. The van der Waals surface area contributed by atoms with Gasteiger partial charge in [-0.2, -0.15) is 0 Å². The molecule has 62 valence electrons. The van der Waals surface area contributed by atoms with Crippen molar-refractivity contribution in [3.8, 4) is 0 Å². The molecule has 0 bridgehead atoms. The number of aliphatic carboxylic acids is 1. The van der Waals surface area contributed by atoms with Crippen molar-refractivity contribution in [1.82, 2.24) is 10.2 Å². The maximum atomic E-state index is 10.3. The summed E-state index contributed by atoms with van der Waals surface area (Å²) >= 11 is 6.38. The molecular formula is C5H8N2O2S2. The van der Waals surface area contributed by atoms with Gasteiger partial charge in [0.2, 0.25) is 0 Å². The molecule has 0 unspecified atom stereocenters. The van der Waals surface area contributed by atoms with E-state index >= 15 is 0 Å². The second kappa shape index (κ2) is 3.89. The topological polar surface area (TPSA) is 52.6 Å². The average Bonchev–Trinajstić information content (AvgIpc) is 1.93. The summed E-state index contributed by atoms with van der Waals surface area (Å²) in [7, 11) is 0. The molecule has 0 amide bonds. The van der Waals surface area contributed by atoms with Crippen LogP contribution in [0.2, 0.25) is 0 Å². The Labute approximate surface area is 73.9 Å². The molecule has 0 aliphatic carbocycles. The highest BCUT2D eigenvalue weighted by Gasteiger charge is 2.16. The summed E-state index contributed by atoms with van der Waals surface area (Å²) in [6.07, 6.45) is 0. The van der Waals surface area contributed by atoms with Gasteiger partial charge in [-0.3, -0.25) is 10.1 Å². The fraction of sp³-hybridized carbons (Fsp3) is 0.600. The lowest BCUT2D eigenvalue weighted by Crippen LogP contribution is -2.44. The molecule has 1 rings (SSSR count). The normalized spacial score (nSPS) is 18.5. The van der Waals surface area contributed by atoms with E-state index < -0.39 is 5.97 Å². The zero-order valence-electron chi connectivity index (χ0n) is 5.74. The third kappa shape index (κ3) is 2.64. The summed E-state index contributed by atoms with van der Waals surface area (Å²) < 4.78 is 0.658. The first kappa shape index (κ1) is 8.76. The number of thioether (sulfide) groups is 1. The van der Waals surface area contributed by atoms with Gasteiger partial charge in [0, 0.05) is 0 Å². The first-order valence-electron chi connectivity index (χ1n) is 3.04. The fourth-order valence-corrected chi connectivity index (χ4v) is 1.67. The van der Waals surface area contributed by atoms with Crippen molar-refractivity contribution < 1.29 is 9.90 Å². The lowest BCUT2D eigenvalue weighted by molar-refractivity contribution is -0.137. The van der Waals surface area contributed by atoms with Crippen LogP contribution in [0.1, 0.15) is 0 Å². The number of carboxylic acid groups (broad SMARTS) is 1. The molecule has 1 aliphatic rings. The minimum absolute atomic E-state index is 0.0150. The van der Waals surface area contributed by atoms with E-state index in [-0.39, 0.29) is 6.54 Å². The van der Waals surface area contributed by atoms with Gasteiger partial charge >= 0.3 is 5.97 Å². The number of thiocarbonyl (C=S) groups is 1. The highest BCUT2D eigenvalue weighted by Crippen LogP contribution is 2.10. The molecule has 1 saturated heterocycles. The van der Waals surface area contributed by atoms with E-state index in [1.807, 2.05) is 0 Å². The minimum atomic E-state index is -0.850. The van der Waals surface area contributed by atoms with E-state index in [1.165, 1.54) is 11.8 Å². The monoisotopic (exact) mass is 192 g/mol. The number of hydrogen-bond donors (Lipinski definition) is 2. The first-order chi connectivity index (χ1) is 5.20. The molecular weight excluding hydrogens is 184 g/mol. The van der Waals surface area contributed by atoms with Crippen LogP contribution in [-0.4, -0.2) is 39.4 Å². The molecule has 1 aliphatic heterocycles.